The van der Waals surface area contributed by atoms with Crippen molar-refractivity contribution in [2.75, 3.05) is 20.2 Å². The summed E-state index contributed by atoms with van der Waals surface area (Å²) < 4.78 is 12.4. The Kier molecular flexibility index (Phi) is 5.34. The molecule has 0 amide bonds. The lowest BCUT2D eigenvalue weighted by Crippen LogP contribution is -2.56. The zero-order chi connectivity index (χ0) is 19.9. The highest BCUT2D eigenvalue weighted by molar-refractivity contribution is 6.69. The average molecular weight is 397 g/mol. The number of ether oxygens (including phenoxy) is 1. The molecule has 2 unspecified atom stereocenters. The molecule has 3 fully saturated rings. The molecule has 150 valence electrons. The predicted molar refractivity (Wildman–Crippen MR) is 117 cm³/mol. The number of benzene rings is 1. The van der Waals surface area contributed by atoms with Crippen molar-refractivity contribution in [3.63, 3.8) is 0 Å². The molecule has 3 aliphatic heterocycles. The van der Waals surface area contributed by atoms with Gasteiger partial charge in [0, 0.05) is 24.2 Å². The topological polar surface area (TPSA) is 34.6 Å². The maximum Gasteiger partial charge on any atom is 0.184 e. The van der Waals surface area contributed by atoms with Crippen LogP contribution in [0.4, 0.5) is 0 Å². The number of rotatable bonds is 6. The lowest BCUT2D eigenvalue weighted by atomic mass is 9.73. The molecule has 3 saturated heterocycles. The van der Waals surface area contributed by atoms with Crippen LogP contribution < -0.4 is 4.74 Å². The van der Waals surface area contributed by atoms with Gasteiger partial charge in [-0.15, -0.1) is 6.58 Å². The molecule has 0 aliphatic carbocycles. The summed E-state index contributed by atoms with van der Waals surface area (Å²) >= 11 is 0. The zero-order valence-electron chi connectivity index (χ0n) is 17.5. The van der Waals surface area contributed by atoms with Crippen molar-refractivity contribution in [2.24, 2.45) is 11.8 Å². The molecule has 2 bridgehead atoms. The van der Waals surface area contributed by atoms with Gasteiger partial charge in [0.25, 0.3) is 0 Å². The fourth-order valence-electron chi connectivity index (χ4n) is 4.94. The minimum absolute atomic E-state index is 0.0674. The maximum atomic E-state index is 6.87. The van der Waals surface area contributed by atoms with Gasteiger partial charge in [0.05, 0.1) is 18.7 Å². The first kappa shape index (κ1) is 19.6. The highest BCUT2D eigenvalue weighted by Crippen LogP contribution is 2.44. The molecule has 2 aromatic rings. The van der Waals surface area contributed by atoms with Crippen molar-refractivity contribution in [3.8, 4) is 5.75 Å². The largest absolute Gasteiger partial charge is 0.497 e. The summed E-state index contributed by atoms with van der Waals surface area (Å²) in [6.45, 7) is 13.2. The average Bonchev–Trinajstić information content (AvgIpc) is 2.70. The van der Waals surface area contributed by atoms with E-state index in [1.807, 2.05) is 18.3 Å². The molecule has 0 spiro atoms. The van der Waals surface area contributed by atoms with Crippen LogP contribution in [0, 0.1) is 11.8 Å². The standard InChI is InChI=1S/C23H32N2O2Si/c1-6-16-15-25-12-10-17(16)13-22(25)23(27-28(3,4)5)19-9-11-24-21-8-7-18(26-2)14-20(19)21/h6-9,11,14,16-17,22-23H,1,10,12-13,15H2,2-5H3/t16-,17?,22-,23+/m0/s1. The summed E-state index contributed by atoms with van der Waals surface area (Å²) in [4.78, 5) is 7.23. The molecule has 1 aromatic carbocycles. The number of piperidine rings is 3. The monoisotopic (exact) mass is 396 g/mol. The Morgan fingerprint density at radius 3 is 2.75 bits per heavy atom. The second-order valence-corrected chi connectivity index (χ2v) is 13.6. The summed E-state index contributed by atoms with van der Waals surface area (Å²) in [5.74, 6) is 2.21. The summed E-state index contributed by atoms with van der Waals surface area (Å²) in [6.07, 6.45) is 6.61. The maximum absolute atomic E-state index is 6.87. The van der Waals surface area contributed by atoms with Crippen LogP contribution in [0.1, 0.15) is 24.5 Å². The third-order valence-corrected chi connectivity index (χ3v) is 7.23. The molecular formula is C23H32N2O2Si. The molecule has 0 N–H and O–H groups in total. The Bertz CT molecular complexity index is 863. The molecule has 0 saturated carbocycles. The smallest absolute Gasteiger partial charge is 0.184 e. The first-order valence-corrected chi connectivity index (χ1v) is 13.8. The van der Waals surface area contributed by atoms with Crippen LogP contribution in [0.2, 0.25) is 19.6 Å². The number of hydrogen-bond acceptors (Lipinski definition) is 4. The van der Waals surface area contributed by atoms with Crippen molar-refractivity contribution in [3.05, 3.63) is 48.7 Å². The lowest BCUT2D eigenvalue weighted by molar-refractivity contribution is -0.0382. The number of fused-ring (bicyclic) bond motifs is 4. The zero-order valence-corrected chi connectivity index (χ0v) is 18.5. The molecule has 1 aromatic heterocycles. The second kappa shape index (κ2) is 7.62. The molecule has 5 atom stereocenters. The number of aromatic nitrogens is 1. The van der Waals surface area contributed by atoms with Gasteiger partial charge >= 0.3 is 0 Å². The Hall–Kier alpha value is -1.69. The molecule has 4 heterocycles. The highest BCUT2D eigenvalue weighted by atomic mass is 28.4. The van der Waals surface area contributed by atoms with E-state index in [9.17, 15) is 0 Å². The van der Waals surface area contributed by atoms with Gasteiger partial charge < -0.3 is 9.16 Å². The minimum atomic E-state index is -1.75. The SMILES string of the molecule is C=C[C@H]1CN2CCC1C[C@H]2[C@H](O[Si](C)(C)C)c1ccnc2ccc(OC)cc12. The lowest BCUT2D eigenvalue weighted by Gasteiger charge is -2.52. The van der Waals surface area contributed by atoms with Crippen molar-refractivity contribution in [2.45, 2.75) is 44.6 Å². The fourth-order valence-corrected chi connectivity index (χ4v) is 5.99. The highest BCUT2D eigenvalue weighted by Gasteiger charge is 2.44. The van der Waals surface area contributed by atoms with Gasteiger partial charge in [-0.3, -0.25) is 9.88 Å². The first-order valence-electron chi connectivity index (χ1n) is 10.4. The van der Waals surface area contributed by atoms with Crippen LogP contribution in [0.25, 0.3) is 10.9 Å². The van der Waals surface area contributed by atoms with Gasteiger partial charge in [-0.2, -0.15) is 0 Å². The summed E-state index contributed by atoms with van der Waals surface area (Å²) in [5, 5.41) is 1.15. The van der Waals surface area contributed by atoms with Crippen LogP contribution in [0.3, 0.4) is 0 Å². The van der Waals surface area contributed by atoms with Gasteiger partial charge in [-0.25, -0.2) is 0 Å². The van der Waals surface area contributed by atoms with Gasteiger partial charge in [-0.1, -0.05) is 6.08 Å². The van der Waals surface area contributed by atoms with Crippen LogP contribution in [-0.4, -0.2) is 44.4 Å². The van der Waals surface area contributed by atoms with E-state index in [4.69, 9.17) is 9.16 Å². The first-order chi connectivity index (χ1) is 13.4. The molecule has 3 aliphatic rings. The van der Waals surface area contributed by atoms with Crippen molar-refractivity contribution < 1.29 is 9.16 Å². The third kappa shape index (κ3) is 3.75. The molecule has 0 radical (unpaired) electrons. The van der Waals surface area contributed by atoms with E-state index in [0.717, 1.165) is 35.7 Å². The van der Waals surface area contributed by atoms with Crippen molar-refractivity contribution in [1.82, 2.24) is 9.88 Å². The normalized spacial score (nSPS) is 28.3. The number of methoxy groups -OCH3 is 1. The quantitative estimate of drug-likeness (QED) is 0.506. The molecule has 5 rings (SSSR count). The molecule has 4 nitrogen and oxygen atoms in total. The van der Waals surface area contributed by atoms with E-state index in [-0.39, 0.29) is 6.10 Å². The fraction of sp³-hybridized carbons (Fsp3) is 0.522. The summed E-state index contributed by atoms with van der Waals surface area (Å²) in [7, 11) is -0.0309. The Morgan fingerprint density at radius 2 is 2.11 bits per heavy atom. The number of pyridine rings is 1. The van der Waals surface area contributed by atoms with Crippen LogP contribution in [-0.2, 0) is 4.43 Å². The third-order valence-electron chi connectivity index (χ3n) is 6.27. The van der Waals surface area contributed by atoms with E-state index in [1.165, 1.54) is 18.4 Å². The van der Waals surface area contributed by atoms with E-state index < -0.39 is 8.32 Å². The van der Waals surface area contributed by atoms with Crippen LogP contribution >= 0.6 is 0 Å². The van der Waals surface area contributed by atoms with Gasteiger partial charge in [0.15, 0.2) is 8.32 Å². The molecular weight excluding hydrogens is 364 g/mol. The summed E-state index contributed by atoms with van der Waals surface area (Å²) in [5.41, 5.74) is 2.25. The van der Waals surface area contributed by atoms with Crippen LogP contribution in [0.15, 0.2) is 43.1 Å². The van der Waals surface area contributed by atoms with E-state index in [0.29, 0.717) is 12.0 Å². The van der Waals surface area contributed by atoms with Gasteiger partial charge in [0.1, 0.15) is 5.75 Å². The minimum Gasteiger partial charge on any atom is -0.497 e. The van der Waals surface area contributed by atoms with Gasteiger partial charge in [0.2, 0.25) is 0 Å². The van der Waals surface area contributed by atoms with E-state index >= 15 is 0 Å². The number of hydrogen-bond donors (Lipinski definition) is 0. The number of nitrogens with zero attached hydrogens (tertiary/aromatic N) is 2. The van der Waals surface area contributed by atoms with Crippen molar-refractivity contribution >= 4 is 19.2 Å². The Balaban J connectivity index is 1.78. The van der Waals surface area contributed by atoms with Crippen LogP contribution in [0.5, 0.6) is 5.75 Å². The van der Waals surface area contributed by atoms with Gasteiger partial charge in [-0.05, 0) is 80.7 Å². The predicted octanol–water partition coefficient (Wildman–Crippen LogP) is 5.03. The van der Waals surface area contributed by atoms with E-state index in [1.54, 1.807) is 7.11 Å². The van der Waals surface area contributed by atoms with Crippen molar-refractivity contribution in [1.29, 1.82) is 0 Å². The Morgan fingerprint density at radius 1 is 1.29 bits per heavy atom. The molecule has 5 heteroatoms. The van der Waals surface area contributed by atoms with E-state index in [2.05, 4.69) is 54.3 Å². The second-order valence-electron chi connectivity index (χ2n) is 9.18. The molecule has 28 heavy (non-hydrogen) atoms. The Labute approximate surface area is 169 Å². The summed E-state index contributed by atoms with van der Waals surface area (Å²) in [6, 6.07) is 8.71.